The Bertz CT molecular complexity index is 1350. The van der Waals surface area contributed by atoms with Gasteiger partial charge in [-0.3, -0.25) is 14.4 Å². The van der Waals surface area contributed by atoms with Crippen LogP contribution in [0.4, 0.5) is 0 Å². The molecule has 0 aliphatic heterocycles. The van der Waals surface area contributed by atoms with E-state index in [0.717, 1.165) is 16.9 Å². The largest absolute Gasteiger partial charge is 0.286 e. The molecule has 0 N–H and O–H groups in total. The number of hydrogen-bond donors (Lipinski definition) is 0. The predicted molar refractivity (Wildman–Crippen MR) is 115 cm³/mol. The molecule has 2 aromatic heterocycles. The first kappa shape index (κ1) is 20.3. The van der Waals surface area contributed by atoms with Gasteiger partial charge >= 0.3 is 0 Å². The van der Waals surface area contributed by atoms with Crippen molar-refractivity contribution in [1.29, 1.82) is 0 Å². The molecule has 0 bridgehead atoms. The van der Waals surface area contributed by atoms with Crippen molar-refractivity contribution in [2.75, 3.05) is 0 Å². The van der Waals surface area contributed by atoms with E-state index < -0.39 is 5.91 Å². The molecule has 0 radical (unpaired) electrons. The summed E-state index contributed by atoms with van der Waals surface area (Å²) in [5.74, 6) is -0.813. The Hall–Kier alpha value is -3.98. The molecule has 2 heterocycles. The Kier molecular flexibility index (Phi) is 5.50. The van der Waals surface area contributed by atoms with Gasteiger partial charge in [-0.25, -0.2) is 0 Å². The van der Waals surface area contributed by atoms with Crippen molar-refractivity contribution in [1.82, 2.24) is 19.6 Å². The third-order valence-electron chi connectivity index (χ3n) is 4.32. The van der Waals surface area contributed by atoms with Crippen LogP contribution in [-0.4, -0.2) is 37.2 Å². The quantitative estimate of drug-likeness (QED) is 0.462. The van der Waals surface area contributed by atoms with E-state index in [-0.39, 0.29) is 27.3 Å². The van der Waals surface area contributed by atoms with Crippen LogP contribution in [0.3, 0.4) is 0 Å². The standard InChI is InChI=1S/C22H17N5O3S/c1-14(28)23-22-27(25-21(31-22)20(30)17-11-7-4-8-12-17)19-13-18(24-26(19)15(2)29)16-9-5-3-6-10-16/h3-13H,1-2H3. The third-order valence-corrected chi connectivity index (χ3v) is 5.23. The zero-order valence-corrected chi connectivity index (χ0v) is 17.5. The lowest BCUT2D eigenvalue weighted by molar-refractivity contribution is -0.116. The van der Waals surface area contributed by atoms with Crippen LogP contribution in [0.15, 0.2) is 71.7 Å². The Labute approximate surface area is 181 Å². The maximum Gasteiger partial charge on any atom is 0.245 e. The summed E-state index contributed by atoms with van der Waals surface area (Å²) in [5, 5.41) is 8.92. The molecule has 0 unspecified atom stereocenters. The Balaban J connectivity index is 1.90. The van der Waals surface area contributed by atoms with Gasteiger partial charge in [0.1, 0.15) is 0 Å². The molecule has 8 nitrogen and oxygen atoms in total. The molecule has 4 rings (SSSR count). The summed E-state index contributed by atoms with van der Waals surface area (Å²) in [4.78, 5) is 41.1. The lowest BCUT2D eigenvalue weighted by Gasteiger charge is -2.02. The summed E-state index contributed by atoms with van der Waals surface area (Å²) < 4.78 is 2.49. The molecule has 31 heavy (non-hydrogen) atoms. The maximum atomic E-state index is 12.9. The van der Waals surface area contributed by atoms with E-state index in [1.165, 1.54) is 23.2 Å². The number of carbonyl (C=O) groups excluding carboxylic acids is 3. The second-order valence-electron chi connectivity index (χ2n) is 6.61. The molecule has 0 atom stereocenters. The monoisotopic (exact) mass is 431 g/mol. The van der Waals surface area contributed by atoms with Gasteiger partial charge in [-0.2, -0.15) is 19.5 Å². The summed E-state index contributed by atoms with van der Waals surface area (Å²) >= 11 is 0.973. The SMILES string of the molecule is CC(=O)N=c1sc(C(=O)c2ccccc2)nn1-c1cc(-c2ccccc2)nn1C(C)=O. The van der Waals surface area contributed by atoms with E-state index in [1.807, 2.05) is 36.4 Å². The highest BCUT2D eigenvalue weighted by atomic mass is 32.1. The van der Waals surface area contributed by atoms with Crippen molar-refractivity contribution in [3.63, 3.8) is 0 Å². The Morgan fingerprint density at radius 1 is 0.903 bits per heavy atom. The minimum atomic E-state index is -0.451. The van der Waals surface area contributed by atoms with Gasteiger partial charge in [0.2, 0.25) is 22.4 Å². The summed E-state index contributed by atoms with van der Waals surface area (Å²) in [6.45, 7) is 2.68. The van der Waals surface area contributed by atoms with Gasteiger partial charge in [-0.1, -0.05) is 72.0 Å². The van der Waals surface area contributed by atoms with Crippen molar-refractivity contribution in [2.24, 2.45) is 4.99 Å². The summed E-state index contributed by atoms with van der Waals surface area (Å²) in [6, 6.07) is 19.7. The first-order chi connectivity index (χ1) is 14.9. The highest BCUT2D eigenvalue weighted by Gasteiger charge is 2.21. The number of hydrogen-bond acceptors (Lipinski definition) is 6. The average Bonchev–Trinajstić information content (AvgIpc) is 3.38. The first-order valence-corrected chi connectivity index (χ1v) is 10.2. The van der Waals surface area contributed by atoms with Crippen LogP contribution in [0, 0.1) is 0 Å². The number of nitrogens with zero attached hydrogens (tertiary/aromatic N) is 5. The number of rotatable bonds is 4. The third kappa shape index (κ3) is 4.17. The van der Waals surface area contributed by atoms with E-state index in [2.05, 4.69) is 15.2 Å². The number of benzene rings is 2. The van der Waals surface area contributed by atoms with E-state index in [4.69, 9.17) is 0 Å². The van der Waals surface area contributed by atoms with Gasteiger partial charge in [-0.05, 0) is 0 Å². The summed E-state index contributed by atoms with van der Waals surface area (Å²) in [7, 11) is 0. The average molecular weight is 431 g/mol. The van der Waals surface area contributed by atoms with Crippen LogP contribution in [0.25, 0.3) is 17.1 Å². The lowest BCUT2D eigenvalue weighted by Crippen LogP contribution is -2.22. The molecule has 0 spiro atoms. The van der Waals surface area contributed by atoms with Crippen molar-refractivity contribution < 1.29 is 14.4 Å². The number of ketones is 1. The molecular weight excluding hydrogens is 414 g/mol. The van der Waals surface area contributed by atoms with Gasteiger partial charge in [0.05, 0.1) is 5.69 Å². The van der Waals surface area contributed by atoms with Crippen molar-refractivity contribution in [2.45, 2.75) is 13.8 Å². The Morgan fingerprint density at radius 2 is 1.55 bits per heavy atom. The summed E-state index contributed by atoms with van der Waals surface area (Å²) in [5.41, 5.74) is 1.82. The van der Waals surface area contributed by atoms with E-state index in [0.29, 0.717) is 11.3 Å². The molecule has 0 saturated carbocycles. The fraction of sp³-hybridized carbons (Fsp3) is 0.0909. The first-order valence-electron chi connectivity index (χ1n) is 9.36. The minimum absolute atomic E-state index is 0.142. The van der Waals surface area contributed by atoms with Gasteiger partial charge < -0.3 is 0 Å². The molecule has 0 saturated heterocycles. The number of amides is 1. The predicted octanol–water partition coefficient (Wildman–Crippen LogP) is 3.14. The zero-order chi connectivity index (χ0) is 22.0. The second-order valence-corrected chi connectivity index (χ2v) is 7.57. The fourth-order valence-electron chi connectivity index (χ4n) is 2.95. The van der Waals surface area contributed by atoms with Crippen LogP contribution in [0.2, 0.25) is 0 Å². The van der Waals surface area contributed by atoms with Crippen LogP contribution >= 0.6 is 11.3 Å². The minimum Gasteiger partial charge on any atom is -0.286 e. The molecule has 9 heteroatoms. The van der Waals surface area contributed by atoms with Crippen LogP contribution in [-0.2, 0) is 4.79 Å². The Morgan fingerprint density at radius 3 is 2.16 bits per heavy atom. The van der Waals surface area contributed by atoms with Crippen molar-refractivity contribution >= 4 is 28.9 Å². The van der Waals surface area contributed by atoms with Gasteiger partial charge in [0, 0.05) is 31.0 Å². The highest BCUT2D eigenvalue weighted by Crippen LogP contribution is 2.21. The molecule has 0 aliphatic carbocycles. The topological polar surface area (TPSA) is 99.2 Å². The van der Waals surface area contributed by atoms with E-state index in [1.54, 1.807) is 30.3 Å². The number of carbonyl (C=O) groups is 3. The normalized spacial score (nSPS) is 11.5. The lowest BCUT2D eigenvalue weighted by atomic mass is 10.1. The van der Waals surface area contributed by atoms with Crippen LogP contribution in [0.5, 0.6) is 0 Å². The van der Waals surface area contributed by atoms with Gasteiger partial charge in [-0.15, -0.1) is 5.10 Å². The fourth-order valence-corrected chi connectivity index (χ4v) is 3.85. The number of aromatic nitrogens is 4. The molecular formula is C22H17N5O3S. The molecule has 1 amide bonds. The van der Waals surface area contributed by atoms with Crippen molar-refractivity contribution in [3.05, 3.63) is 82.1 Å². The second kappa shape index (κ2) is 8.41. The van der Waals surface area contributed by atoms with E-state index in [9.17, 15) is 14.4 Å². The van der Waals surface area contributed by atoms with Crippen LogP contribution < -0.4 is 4.80 Å². The van der Waals surface area contributed by atoms with E-state index >= 15 is 0 Å². The molecule has 0 aliphatic rings. The maximum absolute atomic E-state index is 12.9. The molecule has 4 aromatic rings. The highest BCUT2D eigenvalue weighted by molar-refractivity contribution is 7.11. The van der Waals surface area contributed by atoms with Crippen molar-refractivity contribution in [3.8, 4) is 17.1 Å². The molecule has 2 aromatic carbocycles. The summed E-state index contributed by atoms with van der Waals surface area (Å²) in [6.07, 6.45) is 0. The zero-order valence-electron chi connectivity index (χ0n) is 16.7. The molecule has 0 fully saturated rings. The van der Waals surface area contributed by atoms with Gasteiger partial charge in [0.25, 0.3) is 0 Å². The van der Waals surface area contributed by atoms with Gasteiger partial charge in [0.15, 0.2) is 10.8 Å². The molecule has 154 valence electrons. The van der Waals surface area contributed by atoms with Crippen LogP contribution in [0.1, 0.15) is 34.0 Å². The smallest absolute Gasteiger partial charge is 0.245 e.